The van der Waals surface area contributed by atoms with Crippen molar-refractivity contribution in [2.24, 2.45) is 11.7 Å². The number of nitrogens with two attached hydrogens (primary N) is 1. The van der Waals surface area contributed by atoms with Crippen LogP contribution in [0.15, 0.2) is 24.3 Å². The molecule has 1 saturated carbocycles. The number of ether oxygens (including phenoxy) is 1. The Hall–Kier alpha value is -2.41. The first-order chi connectivity index (χ1) is 13.5. The smallest absolute Gasteiger partial charge is 0.274 e. The quantitative estimate of drug-likeness (QED) is 0.764. The average Bonchev–Trinajstić information content (AvgIpc) is 3.08. The highest BCUT2D eigenvalue weighted by Crippen LogP contribution is 2.26. The van der Waals surface area contributed by atoms with E-state index in [-0.39, 0.29) is 18.1 Å². The Kier molecular flexibility index (Phi) is 6.67. The molecule has 152 valence electrons. The Morgan fingerprint density at radius 3 is 2.54 bits per heavy atom. The van der Waals surface area contributed by atoms with Gasteiger partial charge in [0, 0.05) is 12.6 Å². The highest BCUT2D eigenvalue weighted by molar-refractivity contribution is 5.93. The minimum absolute atomic E-state index is 0.00943. The lowest BCUT2D eigenvalue weighted by Crippen LogP contribution is -2.46. The van der Waals surface area contributed by atoms with Crippen LogP contribution in [-0.2, 0) is 0 Å². The topological polar surface area (TPSA) is 95.1 Å². The minimum Gasteiger partial charge on any atom is -0.491 e. The number of carbonyl (C=O) groups is 1. The standard InChI is InChI=1S/C21H31N5O2/c1-14(2)28-18-11-9-17(10-12-18)26-15(3)20(24-25-26)21(27)23-19(13-22)16-7-5-4-6-8-16/h9-12,14,16,19H,4-8,13,22H2,1-3H3,(H,23,27). The first-order valence-electron chi connectivity index (χ1n) is 10.2. The van der Waals surface area contributed by atoms with Gasteiger partial charge in [0.05, 0.1) is 17.5 Å². The van der Waals surface area contributed by atoms with Crippen LogP contribution in [0.2, 0.25) is 0 Å². The van der Waals surface area contributed by atoms with Gasteiger partial charge in [0.15, 0.2) is 5.69 Å². The van der Waals surface area contributed by atoms with E-state index in [1.54, 1.807) is 4.68 Å². The van der Waals surface area contributed by atoms with Gasteiger partial charge in [-0.25, -0.2) is 4.68 Å². The monoisotopic (exact) mass is 385 g/mol. The van der Waals surface area contributed by atoms with E-state index in [0.717, 1.165) is 24.3 Å². The molecular formula is C21H31N5O2. The molecule has 0 bridgehead atoms. The van der Waals surface area contributed by atoms with Crippen molar-refractivity contribution in [2.45, 2.75) is 65.0 Å². The first-order valence-corrected chi connectivity index (χ1v) is 10.2. The number of carbonyl (C=O) groups excluding carboxylic acids is 1. The number of rotatable bonds is 7. The number of aromatic nitrogens is 3. The van der Waals surface area contributed by atoms with Gasteiger partial charge in [-0.2, -0.15) is 0 Å². The molecule has 1 aliphatic carbocycles. The normalized spacial score (nSPS) is 16.2. The van der Waals surface area contributed by atoms with Crippen LogP contribution in [0, 0.1) is 12.8 Å². The second-order valence-electron chi connectivity index (χ2n) is 7.81. The lowest BCUT2D eigenvalue weighted by atomic mass is 9.84. The van der Waals surface area contributed by atoms with E-state index in [1.165, 1.54) is 19.3 Å². The van der Waals surface area contributed by atoms with Gasteiger partial charge in [-0.05, 0) is 63.8 Å². The second kappa shape index (κ2) is 9.19. The van der Waals surface area contributed by atoms with Gasteiger partial charge in [0.2, 0.25) is 0 Å². The molecule has 1 amide bonds. The summed E-state index contributed by atoms with van der Waals surface area (Å²) in [5, 5.41) is 11.4. The molecule has 0 aliphatic heterocycles. The molecule has 1 aliphatic rings. The third-order valence-corrected chi connectivity index (χ3v) is 5.35. The van der Waals surface area contributed by atoms with E-state index in [0.29, 0.717) is 23.9 Å². The fraction of sp³-hybridized carbons (Fsp3) is 0.571. The number of hydrogen-bond acceptors (Lipinski definition) is 5. The van der Waals surface area contributed by atoms with Crippen LogP contribution in [0.4, 0.5) is 0 Å². The lowest BCUT2D eigenvalue weighted by Gasteiger charge is -2.29. The molecule has 7 nitrogen and oxygen atoms in total. The highest BCUT2D eigenvalue weighted by Gasteiger charge is 2.26. The fourth-order valence-electron chi connectivity index (χ4n) is 3.86. The maximum atomic E-state index is 12.8. The summed E-state index contributed by atoms with van der Waals surface area (Å²) in [6.07, 6.45) is 6.06. The maximum absolute atomic E-state index is 12.8. The van der Waals surface area contributed by atoms with Crippen molar-refractivity contribution >= 4 is 5.91 Å². The van der Waals surface area contributed by atoms with Gasteiger partial charge < -0.3 is 15.8 Å². The molecular weight excluding hydrogens is 354 g/mol. The summed E-state index contributed by atoms with van der Waals surface area (Å²) in [6.45, 7) is 6.27. The van der Waals surface area contributed by atoms with Gasteiger partial charge in [0.25, 0.3) is 5.91 Å². The predicted molar refractivity (Wildman–Crippen MR) is 109 cm³/mol. The highest BCUT2D eigenvalue weighted by atomic mass is 16.5. The molecule has 1 heterocycles. The number of nitrogens with one attached hydrogen (secondary N) is 1. The molecule has 1 fully saturated rings. The Balaban J connectivity index is 1.71. The first kappa shape index (κ1) is 20.3. The fourth-order valence-corrected chi connectivity index (χ4v) is 3.86. The third kappa shape index (κ3) is 4.70. The molecule has 0 spiro atoms. The van der Waals surface area contributed by atoms with Crippen molar-refractivity contribution in [3.8, 4) is 11.4 Å². The zero-order chi connectivity index (χ0) is 20.1. The van der Waals surface area contributed by atoms with Crippen molar-refractivity contribution in [2.75, 3.05) is 6.54 Å². The molecule has 0 saturated heterocycles. The van der Waals surface area contributed by atoms with Gasteiger partial charge in [-0.15, -0.1) is 5.10 Å². The van der Waals surface area contributed by atoms with Crippen molar-refractivity contribution in [1.82, 2.24) is 20.3 Å². The van der Waals surface area contributed by atoms with Gasteiger partial charge in [-0.3, -0.25) is 4.79 Å². The number of nitrogens with zero attached hydrogens (tertiary/aromatic N) is 3. The number of benzene rings is 1. The summed E-state index contributed by atoms with van der Waals surface area (Å²) in [5.74, 6) is 1.05. The number of amides is 1. The molecule has 28 heavy (non-hydrogen) atoms. The SMILES string of the molecule is Cc1c(C(=O)NC(CN)C2CCCCC2)nnn1-c1ccc(OC(C)C)cc1. The molecule has 7 heteroatoms. The third-order valence-electron chi connectivity index (χ3n) is 5.35. The molecule has 1 atom stereocenters. The second-order valence-corrected chi connectivity index (χ2v) is 7.81. The molecule has 0 radical (unpaired) electrons. The summed E-state index contributed by atoms with van der Waals surface area (Å²) in [4.78, 5) is 12.8. The molecule has 1 aromatic heterocycles. The van der Waals surface area contributed by atoms with Crippen molar-refractivity contribution < 1.29 is 9.53 Å². The zero-order valence-corrected chi connectivity index (χ0v) is 17.0. The van der Waals surface area contributed by atoms with Crippen molar-refractivity contribution in [1.29, 1.82) is 0 Å². The van der Waals surface area contributed by atoms with Crippen LogP contribution in [0.1, 0.15) is 62.1 Å². The minimum atomic E-state index is -0.204. The van der Waals surface area contributed by atoms with Gasteiger partial charge in [-0.1, -0.05) is 24.5 Å². The van der Waals surface area contributed by atoms with Crippen LogP contribution >= 0.6 is 0 Å². The molecule has 1 aromatic carbocycles. The summed E-state index contributed by atoms with van der Waals surface area (Å²) in [7, 11) is 0. The predicted octanol–water partition coefficient (Wildman–Crippen LogP) is 3.00. The van der Waals surface area contributed by atoms with E-state index in [4.69, 9.17) is 10.5 Å². The van der Waals surface area contributed by atoms with Crippen LogP contribution in [-0.4, -0.2) is 39.6 Å². The van der Waals surface area contributed by atoms with E-state index < -0.39 is 0 Å². The summed E-state index contributed by atoms with van der Waals surface area (Å²) >= 11 is 0. The van der Waals surface area contributed by atoms with Crippen LogP contribution < -0.4 is 15.8 Å². The van der Waals surface area contributed by atoms with Crippen LogP contribution in [0.5, 0.6) is 5.75 Å². The van der Waals surface area contributed by atoms with E-state index in [1.807, 2.05) is 45.0 Å². The van der Waals surface area contributed by atoms with Crippen molar-refractivity contribution in [3.63, 3.8) is 0 Å². The maximum Gasteiger partial charge on any atom is 0.274 e. The molecule has 2 aromatic rings. The van der Waals surface area contributed by atoms with Gasteiger partial charge in [0.1, 0.15) is 5.75 Å². The largest absolute Gasteiger partial charge is 0.491 e. The summed E-state index contributed by atoms with van der Waals surface area (Å²) < 4.78 is 7.34. The van der Waals surface area contributed by atoms with E-state index >= 15 is 0 Å². The molecule has 1 unspecified atom stereocenters. The summed E-state index contributed by atoms with van der Waals surface area (Å²) in [5.41, 5.74) is 7.83. The van der Waals surface area contributed by atoms with Crippen LogP contribution in [0.25, 0.3) is 5.69 Å². The Morgan fingerprint density at radius 2 is 1.93 bits per heavy atom. The van der Waals surface area contributed by atoms with Crippen LogP contribution in [0.3, 0.4) is 0 Å². The van der Waals surface area contributed by atoms with E-state index in [9.17, 15) is 4.79 Å². The zero-order valence-electron chi connectivity index (χ0n) is 17.0. The Labute approximate surface area is 166 Å². The molecule has 3 N–H and O–H groups in total. The molecule has 3 rings (SSSR count). The van der Waals surface area contributed by atoms with Crippen molar-refractivity contribution in [3.05, 3.63) is 35.7 Å². The Bertz CT molecular complexity index is 779. The Morgan fingerprint density at radius 1 is 1.25 bits per heavy atom. The lowest BCUT2D eigenvalue weighted by molar-refractivity contribution is 0.0909. The van der Waals surface area contributed by atoms with E-state index in [2.05, 4.69) is 15.6 Å². The number of hydrogen-bond donors (Lipinski definition) is 2. The average molecular weight is 386 g/mol. The van der Waals surface area contributed by atoms with Gasteiger partial charge >= 0.3 is 0 Å². The summed E-state index contributed by atoms with van der Waals surface area (Å²) in [6, 6.07) is 7.59.